The maximum absolute atomic E-state index is 3.80. The van der Waals surface area contributed by atoms with Crippen LogP contribution in [0.3, 0.4) is 0 Å². The zero-order chi connectivity index (χ0) is 33.4. The van der Waals surface area contributed by atoms with Crippen molar-refractivity contribution in [3.8, 4) is 22.3 Å². The molecule has 0 amide bonds. The third kappa shape index (κ3) is 5.67. The number of hydrogen-bond acceptors (Lipinski definition) is 0. The molecule has 2 atom stereocenters. The second-order valence-corrected chi connectivity index (χ2v) is 46.3. The molecule has 0 radical (unpaired) electrons. The van der Waals surface area contributed by atoms with E-state index in [4.69, 9.17) is 0 Å². The summed E-state index contributed by atoms with van der Waals surface area (Å²) in [5.41, 5.74) is 16.3. The zero-order valence-electron chi connectivity index (χ0n) is 30.1. The van der Waals surface area contributed by atoms with Crippen LogP contribution in [-0.4, -0.2) is 6.88 Å². The third-order valence-corrected chi connectivity index (χ3v) is 29.1. The Kier molecular flexibility index (Phi) is 9.95. The van der Waals surface area contributed by atoms with E-state index in [0.29, 0.717) is 13.2 Å². The second-order valence-electron chi connectivity index (χ2n) is 15.8. The molecule has 50 heavy (non-hydrogen) atoms. The fourth-order valence-electron chi connectivity index (χ4n) is 9.67. The standard InChI is InChI=1S/2C22H19.2CH3.2ClH.H2Si.Zr/c1-15(2)18-13-17-9-6-12-21(22(17)14-18)20-11-5-8-16-7-3-4-10-19(16)20;1-3-16-13-21-15(2)11-12-20(22(21)14-16)19-10-6-8-17-7-4-5-9-18(17)19;;;;;;/h3-15H,1-2H3;4-14H,3H2,1-2H3;2*1H3;2*1H;1H2;. The van der Waals surface area contributed by atoms with Gasteiger partial charge in [0.15, 0.2) is 0 Å². The average Bonchev–Trinajstić information content (AvgIpc) is 3.70. The van der Waals surface area contributed by atoms with Crippen LogP contribution >= 0.6 is 24.8 Å². The summed E-state index contributed by atoms with van der Waals surface area (Å²) in [6.45, 7) is 12.1. The van der Waals surface area contributed by atoms with Crippen molar-refractivity contribution >= 4 is 65.4 Å². The monoisotopic (exact) mass is 788 g/mol. The Morgan fingerprint density at radius 1 is 0.600 bits per heavy atom. The topological polar surface area (TPSA) is 0 Å². The Morgan fingerprint density at radius 3 is 1.70 bits per heavy atom. The van der Waals surface area contributed by atoms with Crippen molar-refractivity contribution < 1.29 is 17.4 Å². The van der Waals surface area contributed by atoms with Gasteiger partial charge in [-0.3, -0.25) is 0 Å². The molecule has 0 saturated carbocycles. The van der Waals surface area contributed by atoms with Gasteiger partial charge in [0, 0.05) is 0 Å². The van der Waals surface area contributed by atoms with Crippen LogP contribution in [-0.2, 0) is 17.4 Å². The second kappa shape index (κ2) is 13.5. The van der Waals surface area contributed by atoms with Gasteiger partial charge in [0.05, 0.1) is 0 Å². The van der Waals surface area contributed by atoms with Crippen LogP contribution in [0.2, 0.25) is 9.26 Å². The molecule has 0 aromatic heterocycles. The quantitative estimate of drug-likeness (QED) is 0.147. The predicted molar refractivity (Wildman–Crippen MR) is 225 cm³/mol. The van der Waals surface area contributed by atoms with Crippen molar-refractivity contribution in [1.82, 2.24) is 0 Å². The molecule has 0 heterocycles. The van der Waals surface area contributed by atoms with Crippen LogP contribution in [0.4, 0.5) is 0 Å². The van der Waals surface area contributed by atoms with E-state index in [2.05, 4.69) is 171 Å². The molecule has 0 saturated heterocycles. The van der Waals surface area contributed by atoms with Crippen molar-refractivity contribution in [3.63, 3.8) is 0 Å². The summed E-state index contributed by atoms with van der Waals surface area (Å²) in [7, 11) is 0. The van der Waals surface area contributed by atoms with Gasteiger partial charge < -0.3 is 0 Å². The van der Waals surface area contributed by atoms with E-state index in [1.54, 1.807) is 22.3 Å². The smallest absolute Gasteiger partial charge is 0.147 e. The van der Waals surface area contributed by atoms with Crippen LogP contribution in [0, 0.1) is 12.8 Å². The zero-order valence-corrected chi connectivity index (χ0v) is 35.6. The van der Waals surface area contributed by atoms with E-state index in [0.717, 1.165) is 6.42 Å². The fourth-order valence-corrected chi connectivity index (χ4v) is 29.8. The summed E-state index contributed by atoms with van der Waals surface area (Å²) in [4.78, 5) is 0. The van der Waals surface area contributed by atoms with Crippen LogP contribution in [0.25, 0.3) is 56.0 Å². The maximum Gasteiger partial charge on any atom is -0.147 e. The van der Waals surface area contributed by atoms with E-state index < -0.39 is 17.4 Å². The number of allylic oxidation sites excluding steroid dienone is 2. The van der Waals surface area contributed by atoms with Gasteiger partial charge in [-0.15, -0.1) is 24.8 Å². The Balaban J connectivity index is 0.00000216. The van der Waals surface area contributed by atoms with Gasteiger partial charge in [-0.1, -0.05) is 0 Å². The largest absolute Gasteiger partial charge is 0.147 e. The van der Waals surface area contributed by atoms with E-state index in [9.17, 15) is 0 Å². The molecule has 2 aliphatic rings. The van der Waals surface area contributed by atoms with E-state index in [1.165, 1.54) is 60.5 Å². The number of benzene rings is 6. The van der Waals surface area contributed by atoms with Gasteiger partial charge in [0.2, 0.25) is 0 Å². The van der Waals surface area contributed by atoms with Crippen molar-refractivity contribution in [2.75, 3.05) is 0 Å². The molecule has 0 N–H and O–H groups in total. The SMILES string of the molecule is CCC1=Cc2c(-c3cccc4ccccc34)ccc(C)c2[CH]1[Zr]([CH3])([CH3])(=[SiH2])[CH]1C(C(C)C)=Cc2c(-c3cccc4ccccc34)cccc21.Cl.Cl. The molecule has 8 rings (SSSR count). The Hall–Kier alpha value is -3.00. The summed E-state index contributed by atoms with van der Waals surface area (Å²) in [6, 6.07) is 43.4. The van der Waals surface area contributed by atoms with Gasteiger partial charge in [0.25, 0.3) is 0 Å². The molecule has 0 spiro atoms. The van der Waals surface area contributed by atoms with Gasteiger partial charge >= 0.3 is 291 Å². The number of aryl methyl sites for hydroxylation is 1. The van der Waals surface area contributed by atoms with E-state index >= 15 is 0 Å². The Labute approximate surface area is 313 Å². The molecule has 0 bridgehead atoms. The molecular formula is C46H48Cl2SiZr. The van der Waals surface area contributed by atoms with E-state index in [-0.39, 0.29) is 24.8 Å². The molecule has 0 fully saturated rings. The van der Waals surface area contributed by atoms with Gasteiger partial charge in [0.1, 0.15) is 0 Å². The molecule has 0 nitrogen and oxygen atoms in total. The molecule has 4 heteroatoms. The predicted octanol–water partition coefficient (Wildman–Crippen LogP) is 13.5. The summed E-state index contributed by atoms with van der Waals surface area (Å²) in [5, 5.41) is 5.29. The van der Waals surface area contributed by atoms with Crippen LogP contribution in [0.1, 0.15) is 62.3 Å². The summed E-state index contributed by atoms with van der Waals surface area (Å²) < 4.78 is 6.58. The fraction of sp³-hybridized carbons (Fsp3) is 0.217. The first kappa shape index (κ1) is 36.8. The Morgan fingerprint density at radius 2 is 1.12 bits per heavy atom. The summed E-state index contributed by atoms with van der Waals surface area (Å²) in [5.74, 6) is 0.485. The van der Waals surface area contributed by atoms with Crippen LogP contribution in [0.5, 0.6) is 0 Å². The van der Waals surface area contributed by atoms with Crippen molar-refractivity contribution in [3.05, 3.63) is 154 Å². The van der Waals surface area contributed by atoms with Gasteiger partial charge in [-0.2, -0.15) is 0 Å². The molecule has 2 aliphatic carbocycles. The molecule has 0 aliphatic heterocycles. The number of hydrogen-bond donors (Lipinski definition) is 0. The van der Waals surface area contributed by atoms with Crippen molar-refractivity contribution in [2.24, 2.45) is 5.92 Å². The summed E-state index contributed by atoms with van der Waals surface area (Å²) >= 11 is -3.80. The maximum atomic E-state index is 2.80. The van der Waals surface area contributed by atoms with Crippen LogP contribution in [0.15, 0.2) is 126 Å². The first-order valence-electron chi connectivity index (χ1n) is 17.8. The number of rotatable bonds is 6. The summed E-state index contributed by atoms with van der Waals surface area (Å²) in [6.07, 6.45) is 6.34. The average molecular weight is 791 g/mol. The van der Waals surface area contributed by atoms with Crippen molar-refractivity contribution in [1.29, 1.82) is 0 Å². The van der Waals surface area contributed by atoms with Gasteiger partial charge in [-0.05, 0) is 0 Å². The van der Waals surface area contributed by atoms with E-state index in [1.807, 2.05) is 0 Å². The Bertz CT molecular complexity index is 2420. The number of halogens is 2. The van der Waals surface area contributed by atoms with Gasteiger partial charge in [-0.25, -0.2) is 0 Å². The number of fused-ring (bicyclic) bond motifs is 4. The minimum absolute atomic E-state index is 0. The normalized spacial score (nSPS) is 16.8. The molecule has 254 valence electrons. The van der Waals surface area contributed by atoms with Crippen LogP contribution < -0.4 is 0 Å². The minimum Gasteiger partial charge on any atom is -0.147 e. The molecular weight excluding hydrogens is 743 g/mol. The third-order valence-electron chi connectivity index (χ3n) is 11.7. The van der Waals surface area contributed by atoms with Crippen molar-refractivity contribution in [2.45, 2.75) is 50.6 Å². The first-order valence-corrected chi connectivity index (χ1v) is 31.5. The first-order chi connectivity index (χ1) is 23.1. The molecule has 2 unspecified atom stereocenters. The molecule has 6 aromatic rings. The molecule has 6 aromatic carbocycles. The minimum atomic E-state index is -3.80.